The number of ketones is 1. The number of hydrogen-bond donors (Lipinski definition) is 1. The molecule has 0 atom stereocenters. The average molecular weight is 284 g/mol. The quantitative estimate of drug-likeness (QED) is 0.861. The molecule has 102 valence electrons. The van der Waals surface area contributed by atoms with Crippen molar-refractivity contribution in [2.75, 3.05) is 5.73 Å². The average Bonchev–Trinajstić information content (AvgIpc) is 2.71. The number of halogens is 2. The summed E-state index contributed by atoms with van der Waals surface area (Å²) in [7, 11) is 0. The number of allylic oxidation sites excluding steroid dienone is 4. The van der Waals surface area contributed by atoms with Gasteiger partial charge in [-0.05, 0) is 26.3 Å². The van der Waals surface area contributed by atoms with Crippen LogP contribution in [0.4, 0.5) is 13.9 Å². The van der Waals surface area contributed by atoms with Gasteiger partial charge in [0.1, 0.15) is 22.1 Å². The van der Waals surface area contributed by atoms with E-state index in [-0.39, 0.29) is 33.7 Å². The second-order valence-electron chi connectivity index (χ2n) is 4.84. The molecular formula is C13H14F2N2OS. The smallest absolute Gasteiger partial charge is 0.201 e. The van der Waals surface area contributed by atoms with Crippen LogP contribution in [0.5, 0.6) is 0 Å². The molecule has 1 heterocycles. The van der Waals surface area contributed by atoms with Crippen LogP contribution in [0.1, 0.15) is 42.1 Å². The predicted octanol–water partition coefficient (Wildman–Crippen LogP) is 3.69. The highest BCUT2D eigenvalue weighted by molar-refractivity contribution is 7.17. The summed E-state index contributed by atoms with van der Waals surface area (Å²) in [5.41, 5.74) is 4.33. The third kappa shape index (κ3) is 2.89. The van der Waals surface area contributed by atoms with Gasteiger partial charge in [-0.2, -0.15) is 0 Å². The SMILES string of the molecule is CC(C)(F)c1nc(N)sc1C(=O)C1=CC=C(F)CC1. The zero-order valence-corrected chi connectivity index (χ0v) is 11.5. The van der Waals surface area contributed by atoms with Crippen LogP contribution in [0.3, 0.4) is 0 Å². The fraction of sp³-hybridized carbons (Fsp3) is 0.385. The van der Waals surface area contributed by atoms with Gasteiger partial charge in [-0.3, -0.25) is 4.79 Å². The monoisotopic (exact) mass is 284 g/mol. The van der Waals surface area contributed by atoms with E-state index in [1.807, 2.05) is 0 Å². The van der Waals surface area contributed by atoms with Gasteiger partial charge in [0.25, 0.3) is 0 Å². The minimum Gasteiger partial charge on any atom is -0.375 e. The molecule has 0 spiro atoms. The first-order valence-corrected chi connectivity index (χ1v) is 6.66. The number of Topliss-reactive ketones (excluding diaryl/α,β-unsaturated/α-hetero) is 1. The third-order valence-corrected chi connectivity index (χ3v) is 3.69. The molecule has 0 bridgehead atoms. The standard InChI is InChI=1S/C13H14F2N2OS/c1-13(2,15)11-10(19-12(16)17-11)9(18)7-3-5-8(14)6-4-7/h3,5H,4,6H2,1-2H3,(H2,16,17). The van der Waals surface area contributed by atoms with Crippen molar-refractivity contribution in [1.82, 2.24) is 4.98 Å². The summed E-state index contributed by atoms with van der Waals surface area (Å²) in [6, 6.07) is 0. The fourth-order valence-electron chi connectivity index (χ4n) is 1.84. The Kier molecular flexibility index (Phi) is 3.54. The number of nitrogen functional groups attached to an aromatic ring is 1. The molecule has 1 aliphatic rings. The normalized spacial score (nSPS) is 16.0. The summed E-state index contributed by atoms with van der Waals surface area (Å²) in [5.74, 6) is -0.579. The van der Waals surface area contributed by atoms with Crippen molar-refractivity contribution >= 4 is 22.3 Å². The van der Waals surface area contributed by atoms with Crippen molar-refractivity contribution in [2.24, 2.45) is 0 Å². The van der Waals surface area contributed by atoms with Gasteiger partial charge in [0.05, 0.1) is 0 Å². The zero-order valence-electron chi connectivity index (χ0n) is 10.7. The van der Waals surface area contributed by atoms with Gasteiger partial charge in [-0.1, -0.05) is 17.4 Å². The Balaban J connectivity index is 2.40. The number of carbonyl (C=O) groups is 1. The van der Waals surface area contributed by atoms with Crippen molar-refractivity contribution in [3.8, 4) is 0 Å². The fourth-order valence-corrected chi connectivity index (χ4v) is 2.80. The molecule has 2 N–H and O–H groups in total. The lowest BCUT2D eigenvalue weighted by Gasteiger charge is -2.14. The van der Waals surface area contributed by atoms with Gasteiger partial charge in [0, 0.05) is 12.0 Å². The summed E-state index contributed by atoms with van der Waals surface area (Å²) >= 11 is 0.966. The second kappa shape index (κ2) is 4.85. The van der Waals surface area contributed by atoms with Gasteiger partial charge in [-0.15, -0.1) is 0 Å². The van der Waals surface area contributed by atoms with Crippen LogP contribution in [0, 0.1) is 0 Å². The van der Waals surface area contributed by atoms with E-state index in [1.165, 1.54) is 26.0 Å². The van der Waals surface area contributed by atoms with Crippen molar-refractivity contribution < 1.29 is 13.6 Å². The molecule has 1 aliphatic carbocycles. The number of thiazole rings is 1. The summed E-state index contributed by atoms with van der Waals surface area (Å²) in [6.45, 7) is 2.65. The van der Waals surface area contributed by atoms with Crippen LogP contribution in [0.15, 0.2) is 23.6 Å². The summed E-state index contributed by atoms with van der Waals surface area (Å²) < 4.78 is 26.9. The predicted molar refractivity (Wildman–Crippen MR) is 71.5 cm³/mol. The lowest BCUT2D eigenvalue weighted by molar-refractivity contribution is 0.102. The largest absolute Gasteiger partial charge is 0.375 e. The molecule has 6 heteroatoms. The summed E-state index contributed by atoms with van der Waals surface area (Å²) in [4.78, 5) is 16.4. The number of anilines is 1. The zero-order chi connectivity index (χ0) is 14.2. The Morgan fingerprint density at radius 1 is 1.42 bits per heavy atom. The Morgan fingerprint density at radius 2 is 2.11 bits per heavy atom. The molecule has 19 heavy (non-hydrogen) atoms. The topological polar surface area (TPSA) is 56.0 Å². The Labute approximate surface area is 113 Å². The highest BCUT2D eigenvalue weighted by Crippen LogP contribution is 2.35. The lowest BCUT2D eigenvalue weighted by atomic mass is 9.96. The minimum atomic E-state index is -1.74. The van der Waals surface area contributed by atoms with E-state index < -0.39 is 5.67 Å². The first kappa shape index (κ1) is 13.9. The number of hydrogen-bond acceptors (Lipinski definition) is 4. The first-order valence-electron chi connectivity index (χ1n) is 5.84. The van der Waals surface area contributed by atoms with E-state index in [2.05, 4.69) is 4.98 Å². The van der Waals surface area contributed by atoms with Crippen molar-refractivity contribution in [1.29, 1.82) is 0 Å². The number of rotatable bonds is 3. The number of nitrogens with two attached hydrogens (primary N) is 1. The molecule has 1 aromatic heterocycles. The van der Waals surface area contributed by atoms with Gasteiger partial charge in [0.15, 0.2) is 5.13 Å². The number of alkyl halides is 1. The van der Waals surface area contributed by atoms with Crippen LogP contribution in [-0.4, -0.2) is 10.8 Å². The van der Waals surface area contributed by atoms with E-state index in [0.29, 0.717) is 12.0 Å². The molecule has 0 saturated carbocycles. The highest BCUT2D eigenvalue weighted by atomic mass is 32.1. The van der Waals surface area contributed by atoms with Crippen LogP contribution in [0.25, 0.3) is 0 Å². The van der Waals surface area contributed by atoms with E-state index in [9.17, 15) is 13.6 Å². The Bertz CT molecular complexity index is 582. The molecule has 0 unspecified atom stereocenters. The van der Waals surface area contributed by atoms with Crippen LogP contribution < -0.4 is 5.73 Å². The van der Waals surface area contributed by atoms with Gasteiger partial charge >= 0.3 is 0 Å². The molecule has 0 radical (unpaired) electrons. The molecule has 2 rings (SSSR count). The van der Waals surface area contributed by atoms with E-state index in [0.717, 1.165) is 11.3 Å². The van der Waals surface area contributed by atoms with E-state index >= 15 is 0 Å². The minimum absolute atomic E-state index is 0.0518. The molecular weight excluding hydrogens is 270 g/mol. The van der Waals surface area contributed by atoms with E-state index in [1.54, 1.807) is 0 Å². The van der Waals surface area contributed by atoms with Crippen LogP contribution in [-0.2, 0) is 5.67 Å². The maximum Gasteiger partial charge on any atom is 0.201 e. The van der Waals surface area contributed by atoms with Crippen molar-refractivity contribution in [2.45, 2.75) is 32.4 Å². The molecule has 0 aliphatic heterocycles. The van der Waals surface area contributed by atoms with E-state index in [4.69, 9.17) is 5.73 Å². The van der Waals surface area contributed by atoms with Crippen LogP contribution in [0.2, 0.25) is 0 Å². The first-order chi connectivity index (χ1) is 8.79. The summed E-state index contributed by atoms with van der Waals surface area (Å²) in [6.07, 6.45) is 3.21. The number of nitrogens with zero attached hydrogens (tertiary/aromatic N) is 1. The van der Waals surface area contributed by atoms with Gasteiger partial charge in [-0.25, -0.2) is 13.8 Å². The van der Waals surface area contributed by atoms with Gasteiger partial charge < -0.3 is 5.73 Å². The number of aromatic nitrogens is 1. The summed E-state index contributed by atoms with van der Waals surface area (Å²) in [5, 5.41) is 0.155. The molecule has 3 nitrogen and oxygen atoms in total. The third-order valence-electron chi connectivity index (χ3n) is 2.80. The maximum absolute atomic E-state index is 14.0. The number of carbonyl (C=O) groups excluding carboxylic acids is 1. The Hall–Kier alpha value is -1.56. The Morgan fingerprint density at radius 3 is 2.63 bits per heavy atom. The molecule has 0 amide bonds. The van der Waals surface area contributed by atoms with Crippen molar-refractivity contribution in [3.05, 3.63) is 34.1 Å². The van der Waals surface area contributed by atoms with Gasteiger partial charge in [0.2, 0.25) is 5.78 Å². The van der Waals surface area contributed by atoms with Crippen molar-refractivity contribution in [3.63, 3.8) is 0 Å². The highest BCUT2D eigenvalue weighted by Gasteiger charge is 2.31. The lowest BCUT2D eigenvalue weighted by Crippen LogP contribution is -2.16. The van der Waals surface area contributed by atoms with Crippen LogP contribution >= 0.6 is 11.3 Å². The molecule has 0 aromatic carbocycles. The molecule has 1 aromatic rings. The molecule has 0 fully saturated rings. The maximum atomic E-state index is 14.0. The second-order valence-corrected chi connectivity index (χ2v) is 5.87. The molecule has 0 saturated heterocycles.